The van der Waals surface area contributed by atoms with Crippen LogP contribution in [0, 0.1) is 26.7 Å². The van der Waals surface area contributed by atoms with Crippen molar-refractivity contribution in [2.45, 2.75) is 52.9 Å². The van der Waals surface area contributed by atoms with Gasteiger partial charge in [-0.1, -0.05) is 0 Å². The van der Waals surface area contributed by atoms with Gasteiger partial charge in [-0.15, -0.1) is 0 Å². The highest BCUT2D eigenvalue weighted by molar-refractivity contribution is 5.76. The lowest BCUT2D eigenvalue weighted by molar-refractivity contribution is -0.132. The molecule has 7 heteroatoms. The van der Waals surface area contributed by atoms with E-state index in [1.807, 2.05) is 24.4 Å². The Bertz CT molecular complexity index is 879. The van der Waals surface area contributed by atoms with Crippen LogP contribution in [0.15, 0.2) is 6.07 Å². The summed E-state index contributed by atoms with van der Waals surface area (Å²) in [6.45, 7) is 12.9. The van der Waals surface area contributed by atoms with Crippen LogP contribution in [0.25, 0.3) is 5.65 Å². The zero-order valence-electron chi connectivity index (χ0n) is 18.7. The first-order valence-corrected chi connectivity index (χ1v) is 11.4. The van der Waals surface area contributed by atoms with Gasteiger partial charge < -0.3 is 9.64 Å². The molecule has 164 valence electrons. The number of rotatable bonds is 6. The van der Waals surface area contributed by atoms with Gasteiger partial charge in [-0.05, 0) is 64.5 Å². The number of morpholine rings is 1. The lowest BCUT2D eigenvalue weighted by Crippen LogP contribution is -2.41. The minimum absolute atomic E-state index is 0.275. The van der Waals surface area contributed by atoms with Crippen LogP contribution in [0.3, 0.4) is 0 Å². The number of hydrogen-bond acceptors (Lipinski definition) is 5. The summed E-state index contributed by atoms with van der Waals surface area (Å²) in [5.74, 6) is 1.02. The summed E-state index contributed by atoms with van der Waals surface area (Å²) in [6.07, 6.45) is 4.79. The quantitative estimate of drug-likeness (QED) is 0.728. The second-order valence-corrected chi connectivity index (χ2v) is 8.88. The van der Waals surface area contributed by atoms with E-state index in [1.54, 1.807) is 0 Å². The smallest absolute Gasteiger partial charge is 0.222 e. The van der Waals surface area contributed by atoms with Crippen molar-refractivity contribution in [3.63, 3.8) is 0 Å². The zero-order chi connectivity index (χ0) is 21.1. The summed E-state index contributed by atoms with van der Waals surface area (Å²) in [4.78, 5) is 22.1. The lowest BCUT2D eigenvalue weighted by atomic mass is 9.93. The SMILES string of the molecule is Cc1cc2nc(C)c(CCC(=O)N3CCC(CCN4CCOCC4)CC3)c(C)n2n1. The Balaban J connectivity index is 1.26. The van der Waals surface area contributed by atoms with Crippen molar-refractivity contribution in [2.24, 2.45) is 5.92 Å². The fourth-order valence-corrected chi connectivity index (χ4v) is 4.85. The summed E-state index contributed by atoms with van der Waals surface area (Å²) >= 11 is 0. The summed E-state index contributed by atoms with van der Waals surface area (Å²) in [6, 6.07) is 2.00. The summed E-state index contributed by atoms with van der Waals surface area (Å²) < 4.78 is 7.33. The van der Waals surface area contributed by atoms with Gasteiger partial charge in [-0.3, -0.25) is 9.69 Å². The number of amides is 1. The van der Waals surface area contributed by atoms with Gasteiger partial charge in [0, 0.05) is 50.1 Å². The van der Waals surface area contributed by atoms with Crippen LogP contribution in [0.2, 0.25) is 0 Å². The number of ether oxygens (including phenoxy) is 1. The first kappa shape index (κ1) is 21.2. The molecule has 7 nitrogen and oxygen atoms in total. The van der Waals surface area contributed by atoms with E-state index < -0.39 is 0 Å². The second-order valence-electron chi connectivity index (χ2n) is 8.88. The molecular weight excluding hydrogens is 378 g/mol. The molecule has 2 aliphatic rings. The Kier molecular flexibility index (Phi) is 6.68. The van der Waals surface area contributed by atoms with Crippen molar-refractivity contribution in [3.8, 4) is 0 Å². The van der Waals surface area contributed by atoms with E-state index in [0.717, 1.165) is 92.9 Å². The van der Waals surface area contributed by atoms with Crippen LogP contribution < -0.4 is 0 Å². The molecule has 30 heavy (non-hydrogen) atoms. The summed E-state index contributed by atoms with van der Waals surface area (Å²) in [5, 5.41) is 4.54. The maximum Gasteiger partial charge on any atom is 0.222 e. The molecule has 0 aliphatic carbocycles. The average molecular weight is 414 g/mol. The number of likely N-dealkylation sites (tertiary alicyclic amines) is 1. The number of nitrogens with zero attached hydrogens (tertiary/aromatic N) is 5. The average Bonchev–Trinajstić information content (AvgIpc) is 3.13. The highest BCUT2D eigenvalue weighted by atomic mass is 16.5. The molecule has 2 saturated heterocycles. The number of hydrogen-bond donors (Lipinski definition) is 0. The van der Waals surface area contributed by atoms with Crippen LogP contribution >= 0.6 is 0 Å². The lowest BCUT2D eigenvalue weighted by Gasteiger charge is -2.34. The third kappa shape index (κ3) is 4.83. The summed E-state index contributed by atoms with van der Waals surface area (Å²) in [5.41, 5.74) is 5.11. The highest BCUT2D eigenvalue weighted by Gasteiger charge is 2.24. The Labute approximate surface area is 179 Å². The first-order chi connectivity index (χ1) is 14.5. The molecule has 4 heterocycles. The number of aryl methyl sites for hydroxylation is 3. The van der Waals surface area contributed by atoms with Crippen molar-refractivity contribution < 1.29 is 9.53 Å². The maximum absolute atomic E-state index is 12.8. The van der Waals surface area contributed by atoms with Crippen LogP contribution in [0.4, 0.5) is 0 Å². The largest absolute Gasteiger partial charge is 0.379 e. The maximum atomic E-state index is 12.8. The molecule has 2 aliphatic heterocycles. The monoisotopic (exact) mass is 413 g/mol. The molecule has 2 aromatic heterocycles. The highest BCUT2D eigenvalue weighted by Crippen LogP contribution is 2.23. The Morgan fingerprint density at radius 3 is 2.60 bits per heavy atom. The minimum Gasteiger partial charge on any atom is -0.379 e. The number of fused-ring (bicyclic) bond motifs is 1. The summed E-state index contributed by atoms with van der Waals surface area (Å²) in [7, 11) is 0. The zero-order valence-corrected chi connectivity index (χ0v) is 18.7. The topological polar surface area (TPSA) is 63.0 Å². The van der Waals surface area contributed by atoms with Crippen molar-refractivity contribution in [1.29, 1.82) is 0 Å². The number of aromatic nitrogens is 3. The van der Waals surface area contributed by atoms with Gasteiger partial charge in [0.05, 0.1) is 18.9 Å². The Morgan fingerprint density at radius 1 is 1.13 bits per heavy atom. The molecule has 2 fully saturated rings. The van der Waals surface area contributed by atoms with Gasteiger partial charge in [0.25, 0.3) is 0 Å². The molecule has 0 aromatic carbocycles. The number of carbonyl (C=O) groups is 1. The van der Waals surface area contributed by atoms with Crippen LogP contribution in [0.1, 0.15) is 48.3 Å². The van der Waals surface area contributed by atoms with Crippen molar-refractivity contribution >= 4 is 11.6 Å². The van der Waals surface area contributed by atoms with Crippen LogP contribution in [-0.4, -0.2) is 76.2 Å². The van der Waals surface area contributed by atoms with E-state index >= 15 is 0 Å². The predicted octanol–water partition coefficient (Wildman–Crippen LogP) is 2.55. The van der Waals surface area contributed by atoms with Gasteiger partial charge in [0.2, 0.25) is 5.91 Å². The third-order valence-corrected chi connectivity index (χ3v) is 6.80. The predicted molar refractivity (Wildman–Crippen MR) is 117 cm³/mol. The molecule has 0 radical (unpaired) electrons. The molecule has 1 amide bonds. The molecule has 0 spiro atoms. The van der Waals surface area contributed by atoms with E-state index in [4.69, 9.17) is 4.74 Å². The van der Waals surface area contributed by atoms with Gasteiger partial charge >= 0.3 is 0 Å². The Morgan fingerprint density at radius 2 is 1.87 bits per heavy atom. The van der Waals surface area contributed by atoms with Crippen LogP contribution in [-0.2, 0) is 16.0 Å². The fourth-order valence-electron chi connectivity index (χ4n) is 4.85. The first-order valence-electron chi connectivity index (χ1n) is 11.4. The molecule has 2 aromatic rings. The molecule has 0 atom stereocenters. The Hall–Kier alpha value is -1.99. The molecular formula is C23H35N5O2. The fraction of sp³-hybridized carbons (Fsp3) is 0.696. The van der Waals surface area contributed by atoms with Crippen molar-refractivity contribution in [2.75, 3.05) is 45.9 Å². The van der Waals surface area contributed by atoms with E-state index in [1.165, 1.54) is 13.0 Å². The van der Waals surface area contributed by atoms with E-state index in [9.17, 15) is 4.79 Å². The normalized spacial score (nSPS) is 19.0. The number of carbonyl (C=O) groups excluding carboxylic acids is 1. The molecule has 0 bridgehead atoms. The molecule has 0 saturated carbocycles. The van der Waals surface area contributed by atoms with Crippen LogP contribution in [0.5, 0.6) is 0 Å². The standard InChI is InChI=1S/C23H35N5O2/c1-17-16-22-24-18(2)21(19(3)28(22)25-17)4-5-23(29)27-10-7-20(8-11-27)6-9-26-12-14-30-15-13-26/h16,20H,4-15H2,1-3H3. The van der Waals surface area contributed by atoms with Crippen molar-refractivity contribution in [3.05, 3.63) is 28.7 Å². The van der Waals surface area contributed by atoms with Gasteiger partial charge in [0.15, 0.2) is 5.65 Å². The van der Waals surface area contributed by atoms with Crippen molar-refractivity contribution in [1.82, 2.24) is 24.4 Å². The third-order valence-electron chi connectivity index (χ3n) is 6.80. The van der Waals surface area contributed by atoms with Gasteiger partial charge in [0.1, 0.15) is 0 Å². The molecule has 0 unspecified atom stereocenters. The minimum atomic E-state index is 0.275. The second kappa shape index (κ2) is 9.43. The van der Waals surface area contributed by atoms with Gasteiger partial charge in [-0.25, -0.2) is 9.50 Å². The molecule has 0 N–H and O–H groups in total. The van der Waals surface area contributed by atoms with E-state index in [2.05, 4.69) is 26.8 Å². The van der Waals surface area contributed by atoms with Gasteiger partial charge in [-0.2, -0.15) is 5.10 Å². The van der Waals surface area contributed by atoms with E-state index in [0.29, 0.717) is 6.42 Å². The number of piperidine rings is 1. The van der Waals surface area contributed by atoms with E-state index in [-0.39, 0.29) is 5.91 Å². The molecule has 4 rings (SSSR count).